The molecule has 2 amide bonds. The fraction of sp³-hybridized carbons (Fsp3) is 0.241. The number of ether oxygens (including phenoxy) is 1. The van der Waals surface area contributed by atoms with Crippen LogP contribution in [0.3, 0.4) is 0 Å². The van der Waals surface area contributed by atoms with E-state index in [1.165, 1.54) is 5.56 Å². The van der Waals surface area contributed by atoms with Gasteiger partial charge in [0.2, 0.25) is 0 Å². The van der Waals surface area contributed by atoms with E-state index in [2.05, 4.69) is 32.7 Å². The van der Waals surface area contributed by atoms with Gasteiger partial charge in [-0.15, -0.1) is 0 Å². The van der Waals surface area contributed by atoms with Crippen LogP contribution in [0.1, 0.15) is 11.5 Å². The third-order valence-corrected chi connectivity index (χ3v) is 6.78. The summed E-state index contributed by atoms with van der Waals surface area (Å²) in [5.41, 5.74) is 9.71. The zero-order chi connectivity index (χ0) is 24.9. The molecule has 1 saturated heterocycles. The first-order valence-corrected chi connectivity index (χ1v) is 12.2. The zero-order valence-corrected chi connectivity index (χ0v) is 20.4. The standard InChI is InChI=1S/C29H31N5O2/c1-36-17-16-34-18-24(20-10-4-2-5-11-20)25(19-34)31-29(35)33-27-22-14-8-9-15-23(22)28(30)32-26(27)21-12-6-3-7-13-21/h2-15,24-25H,16-19H2,1H3,(H2,30,32)(H2,31,33,35)/t24-,25+/m0/s1. The van der Waals surface area contributed by atoms with Gasteiger partial charge in [-0.05, 0) is 5.56 Å². The molecule has 0 spiro atoms. The predicted octanol–water partition coefficient (Wildman–Crippen LogP) is 4.72. The number of rotatable bonds is 7. The summed E-state index contributed by atoms with van der Waals surface area (Å²) in [5, 5.41) is 8.03. The minimum Gasteiger partial charge on any atom is -0.383 e. The minimum atomic E-state index is -0.261. The number of carbonyl (C=O) groups excluding carboxylic acids is 1. The van der Waals surface area contributed by atoms with E-state index in [0.29, 0.717) is 23.8 Å². The fourth-order valence-corrected chi connectivity index (χ4v) is 5.01. The minimum absolute atomic E-state index is 0.0440. The number of aromatic nitrogens is 1. The number of nitrogens with zero attached hydrogens (tertiary/aromatic N) is 2. The molecule has 0 aliphatic carbocycles. The summed E-state index contributed by atoms with van der Waals surface area (Å²) in [6.07, 6.45) is 0. The number of hydrogen-bond acceptors (Lipinski definition) is 5. The lowest BCUT2D eigenvalue weighted by molar-refractivity contribution is 0.159. The van der Waals surface area contributed by atoms with Gasteiger partial charge < -0.3 is 21.1 Å². The number of amides is 2. The second kappa shape index (κ2) is 10.8. The van der Waals surface area contributed by atoms with E-state index in [-0.39, 0.29) is 18.0 Å². The Morgan fingerprint density at radius 1 is 0.972 bits per heavy atom. The number of carbonyl (C=O) groups is 1. The summed E-state index contributed by atoms with van der Waals surface area (Å²) in [7, 11) is 1.71. The van der Waals surface area contributed by atoms with Crippen LogP contribution >= 0.6 is 0 Å². The molecule has 0 bridgehead atoms. The third kappa shape index (κ3) is 5.03. The summed E-state index contributed by atoms with van der Waals surface area (Å²) in [6.45, 7) is 3.09. The predicted molar refractivity (Wildman–Crippen MR) is 145 cm³/mol. The summed E-state index contributed by atoms with van der Waals surface area (Å²) in [6, 6.07) is 27.6. The summed E-state index contributed by atoms with van der Waals surface area (Å²) in [4.78, 5) is 20.5. The molecule has 3 aromatic carbocycles. The van der Waals surface area contributed by atoms with Crippen molar-refractivity contribution in [2.24, 2.45) is 0 Å². The van der Waals surface area contributed by atoms with Gasteiger partial charge in [0.1, 0.15) is 5.82 Å². The number of methoxy groups -OCH3 is 1. The maximum absolute atomic E-state index is 13.5. The molecule has 4 N–H and O–H groups in total. The Morgan fingerprint density at radius 2 is 1.64 bits per heavy atom. The van der Waals surface area contributed by atoms with Crippen LogP contribution in [0.4, 0.5) is 16.3 Å². The van der Waals surface area contributed by atoms with E-state index in [9.17, 15) is 4.79 Å². The molecule has 1 aromatic heterocycles. The Labute approximate surface area is 211 Å². The van der Waals surface area contributed by atoms with E-state index in [4.69, 9.17) is 10.5 Å². The molecule has 4 aromatic rings. The molecule has 1 aliphatic heterocycles. The van der Waals surface area contributed by atoms with Gasteiger partial charge in [0.15, 0.2) is 0 Å². The average Bonchev–Trinajstić information content (AvgIpc) is 3.32. The maximum Gasteiger partial charge on any atom is 0.319 e. The highest BCUT2D eigenvalue weighted by Crippen LogP contribution is 2.36. The number of nitrogens with two attached hydrogens (primary N) is 1. The Hall–Kier alpha value is -3.94. The van der Waals surface area contributed by atoms with Gasteiger partial charge in [0.25, 0.3) is 0 Å². The van der Waals surface area contributed by atoms with Crippen molar-refractivity contribution in [3.63, 3.8) is 0 Å². The first kappa shape index (κ1) is 23.8. The SMILES string of the molecule is COCCN1C[C@@H](NC(=O)Nc2c(-c3ccccc3)nc(N)c3ccccc23)[C@H](c2ccccc2)C1. The zero-order valence-electron chi connectivity index (χ0n) is 20.4. The van der Waals surface area contributed by atoms with Crippen molar-refractivity contribution in [1.82, 2.24) is 15.2 Å². The quantitative estimate of drug-likeness (QED) is 0.355. The number of nitrogens with one attached hydrogen (secondary N) is 2. The van der Waals surface area contributed by atoms with E-state index in [0.717, 1.165) is 36.0 Å². The van der Waals surface area contributed by atoms with Crippen molar-refractivity contribution >= 4 is 28.3 Å². The number of urea groups is 1. The van der Waals surface area contributed by atoms with Gasteiger partial charge in [0.05, 0.1) is 24.0 Å². The van der Waals surface area contributed by atoms with Gasteiger partial charge in [0, 0.05) is 49.0 Å². The molecule has 0 radical (unpaired) electrons. The lowest BCUT2D eigenvalue weighted by atomic mass is 9.94. The molecule has 7 heteroatoms. The van der Waals surface area contributed by atoms with Crippen LogP contribution in [0.5, 0.6) is 0 Å². The van der Waals surface area contributed by atoms with Crippen LogP contribution in [-0.2, 0) is 4.74 Å². The van der Waals surface area contributed by atoms with Crippen molar-refractivity contribution in [3.8, 4) is 11.3 Å². The second-order valence-electron chi connectivity index (χ2n) is 9.11. The largest absolute Gasteiger partial charge is 0.383 e. The summed E-state index contributed by atoms with van der Waals surface area (Å²) < 4.78 is 5.29. The Morgan fingerprint density at radius 3 is 2.36 bits per heavy atom. The van der Waals surface area contributed by atoms with E-state index in [1.54, 1.807) is 7.11 Å². The average molecular weight is 482 g/mol. The van der Waals surface area contributed by atoms with Crippen molar-refractivity contribution in [2.45, 2.75) is 12.0 Å². The molecule has 7 nitrogen and oxygen atoms in total. The highest BCUT2D eigenvalue weighted by atomic mass is 16.5. The Bertz CT molecular complexity index is 1330. The van der Waals surface area contributed by atoms with Crippen molar-refractivity contribution < 1.29 is 9.53 Å². The van der Waals surface area contributed by atoms with Gasteiger partial charge in [-0.1, -0.05) is 84.9 Å². The van der Waals surface area contributed by atoms with E-state index < -0.39 is 0 Å². The lowest BCUT2D eigenvalue weighted by Gasteiger charge is -2.22. The van der Waals surface area contributed by atoms with Crippen LogP contribution in [0, 0.1) is 0 Å². The molecular formula is C29H31N5O2. The first-order chi connectivity index (χ1) is 17.6. The van der Waals surface area contributed by atoms with Gasteiger partial charge in [-0.25, -0.2) is 9.78 Å². The topological polar surface area (TPSA) is 92.5 Å². The molecule has 2 heterocycles. The molecule has 5 rings (SSSR count). The number of pyridine rings is 1. The smallest absolute Gasteiger partial charge is 0.319 e. The number of benzene rings is 3. The maximum atomic E-state index is 13.5. The molecule has 184 valence electrons. The highest BCUT2D eigenvalue weighted by Gasteiger charge is 2.34. The number of fused-ring (bicyclic) bond motifs is 1. The van der Waals surface area contributed by atoms with Crippen LogP contribution in [0.2, 0.25) is 0 Å². The number of hydrogen-bond donors (Lipinski definition) is 3. The number of anilines is 2. The van der Waals surface area contributed by atoms with E-state index in [1.807, 2.05) is 72.8 Å². The monoisotopic (exact) mass is 481 g/mol. The van der Waals surface area contributed by atoms with Crippen molar-refractivity contribution in [1.29, 1.82) is 0 Å². The first-order valence-electron chi connectivity index (χ1n) is 12.2. The van der Waals surface area contributed by atoms with E-state index >= 15 is 0 Å². The number of nitrogen functional groups attached to an aromatic ring is 1. The van der Waals surface area contributed by atoms with Gasteiger partial charge >= 0.3 is 6.03 Å². The van der Waals surface area contributed by atoms with Gasteiger partial charge in [-0.3, -0.25) is 4.90 Å². The van der Waals surface area contributed by atoms with Crippen molar-refractivity contribution in [2.75, 3.05) is 44.4 Å². The molecular weight excluding hydrogens is 450 g/mol. The van der Waals surface area contributed by atoms with Crippen LogP contribution < -0.4 is 16.4 Å². The molecule has 1 aliphatic rings. The summed E-state index contributed by atoms with van der Waals surface area (Å²) in [5.74, 6) is 0.618. The normalized spacial score (nSPS) is 17.8. The van der Waals surface area contributed by atoms with Crippen LogP contribution in [0.25, 0.3) is 22.0 Å². The molecule has 2 atom stereocenters. The highest BCUT2D eigenvalue weighted by molar-refractivity contribution is 6.09. The fourth-order valence-electron chi connectivity index (χ4n) is 5.01. The van der Waals surface area contributed by atoms with Crippen molar-refractivity contribution in [3.05, 3.63) is 90.5 Å². The molecule has 1 fully saturated rings. The Kier molecular flexibility index (Phi) is 7.11. The third-order valence-electron chi connectivity index (χ3n) is 6.78. The van der Waals surface area contributed by atoms with Gasteiger partial charge in [-0.2, -0.15) is 0 Å². The van der Waals surface area contributed by atoms with Crippen LogP contribution in [0.15, 0.2) is 84.9 Å². The molecule has 36 heavy (non-hydrogen) atoms. The second-order valence-corrected chi connectivity index (χ2v) is 9.11. The Balaban J connectivity index is 1.44. The lowest BCUT2D eigenvalue weighted by Crippen LogP contribution is -2.42. The summed E-state index contributed by atoms with van der Waals surface area (Å²) >= 11 is 0. The molecule has 0 saturated carbocycles. The van der Waals surface area contributed by atoms with Crippen LogP contribution in [-0.4, -0.2) is 55.3 Å². The molecule has 0 unspecified atom stereocenters. The number of likely N-dealkylation sites (tertiary alicyclic amines) is 1.